The van der Waals surface area contributed by atoms with Crippen LogP contribution in [-0.4, -0.2) is 32.3 Å². The predicted octanol–water partition coefficient (Wildman–Crippen LogP) is 4.75. The topological polar surface area (TPSA) is 57.7 Å². The van der Waals surface area contributed by atoms with Crippen LogP contribution in [0.25, 0.3) is 0 Å². The zero-order valence-electron chi connectivity index (χ0n) is 17.3. The highest BCUT2D eigenvalue weighted by Gasteiger charge is 2.36. The van der Waals surface area contributed by atoms with Crippen LogP contribution in [0.15, 0.2) is 77.7 Å². The van der Waals surface area contributed by atoms with Crippen molar-refractivity contribution in [2.45, 2.75) is 30.8 Å². The zero-order valence-corrected chi connectivity index (χ0v) is 18.9. The average molecular weight is 455 g/mol. The van der Waals surface area contributed by atoms with Gasteiger partial charge in [0.15, 0.2) is 0 Å². The normalized spacial score (nSPS) is 15.6. The maximum atomic E-state index is 13.3. The van der Waals surface area contributed by atoms with Crippen molar-refractivity contribution >= 4 is 33.2 Å². The first-order valence-corrected chi connectivity index (χ1v) is 11.8. The Morgan fingerprint density at radius 2 is 1.74 bits per heavy atom. The van der Waals surface area contributed by atoms with Gasteiger partial charge in [0, 0.05) is 30.2 Å². The van der Waals surface area contributed by atoms with E-state index < -0.39 is 10.0 Å². The van der Waals surface area contributed by atoms with E-state index in [9.17, 15) is 13.2 Å². The monoisotopic (exact) mass is 454 g/mol. The number of carbonyl (C=O) groups is 1. The van der Waals surface area contributed by atoms with Crippen molar-refractivity contribution in [2.75, 3.05) is 11.4 Å². The third-order valence-electron chi connectivity index (χ3n) is 5.46. The fraction of sp³-hybridized carbons (Fsp3) is 0.208. The molecule has 3 aromatic carbocycles. The molecule has 160 valence electrons. The van der Waals surface area contributed by atoms with E-state index in [-0.39, 0.29) is 16.8 Å². The fourth-order valence-electron chi connectivity index (χ4n) is 3.97. The van der Waals surface area contributed by atoms with Gasteiger partial charge in [-0.1, -0.05) is 41.9 Å². The lowest BCUT2D eigenvalue weighted by atomic mass is 10.1. The van der Waals surface area contributed by atoms with Gasteiger partial charge >= 0.3 is 0 Å². The van der Waals surface area contributed by atoms with Crippen molar-refractivity contribution in [1.29, 1.82) is 0 Å². The maximum absolute atomic E-state index is 13.3. The molecule has 3 aromatic rings. The molecular formula is C24H23ClN2O3S. The third kappa shape index (κ3) is 4.18. The Morgan fingerprint density at radius 3 is 2.42 bits per heavy atom. The fourth-order valence-corrected chi connectivity index (χ4v) is 5.79. The molecule has 1 atom stereocenters. The van der Waals surface area contributed by atoms with Gasteiger partial charge in [0.25, 0.3) is 15.9 Å². The van der Waals surface area contributed by atoms with Crippen molar-refractivity contribution in [3.8, 4) is 0 Å². The first-order valence-electron chi connectivity index (χ1n) is 9.99. The average Bonchev–Trinajstić information content (AvgIpc) is 3.09. The highest BCUT2D eigenvalue weighted by molar-refractivity contribution is 7.92. The molecule has 1 aliphatic heterocycles. The first-order chi connectivity index (χ1) is 14.8. The summed E-state index contributed by atoms with van der Waals surface area (Å²) in [4.78, 5) is 14.8. The van der Waals surface area contributed by atoms with E-state index in [1.54, 1.807) is 36.2 Å². The second kappa shape index (κ2) is 8.36. The van der Waals surface area contributed by atoms with Gasteiger partial charge in [-0.25, -0.2) is 8.42 Å². The van der Waals surface area contributed by atoms with Crippen molar-refractivity contribution in [2.24, 2.45) is 0 Å². The van der Waals surface area contributed by atoms with Gasteiger partial charge in [-0.15, -0.1) is 0 Å². The second-order valence-corrected chi connectivity index (χ2v) is 10.0. The van der Waals surface area contributed by atoms with Crippen molar-refractivity contribution in [3.05, 3.63) is 94.5 Å². The molecule has 1 aliphatic rings. The van der Waals surface area contributed by atoms with Gasteiger partial charge in [0.1, 0.15) is 0 Å². The summed E-state index contributed by atoms with van der Waals surface area (Å²) >= 11 is 5.91. The number of rotatable bonds is 5. The lowest BCUT2D eigenvalue weighted by Crippen LogP contribution is -2.35. The van der Waals surface area contributed by atoms with Gasteiger partial charge in [-0.2, -0.15) is 0 Å². The molecule has 0 aromatic heterocycles. The Hall–Kier alpha value is -2.83. The quantitative estimate of drug-likeness (QED) is 0.558. The van der Waals surface area contributed by atoms with Crippen LogP contribution in [0.1, 0.15) is 28.4 Å². The van der Waals surface area contributed by atoms with Crippen LogP contribution in [0.3, 0.4) is 0 Å². The van der Waals surface area contributed by atoms with Gasteiger partial charge in [-0.05, 0) is 66.9 Å². The molecule has 1 heterocycles. The maximum Gasteiger partial charge on any atom is 0.264 e. The van der Waals surface area contributed by atoms with Crippen LogP contribution in [0.5, 0.6) is 0 Å². The SMILES string of the molecule is C[C@@H]1Cc2cc(C(=O)N(C)Cc3ccccc3)ccc2N1S(=O)(=O)c1ccc(Cl)cc1. The number of benzene rings is 3. The highest BCUT2D eigenvalue weighted by atomic mass is 35.5. The number of fused-ring (bicyclic) bond motifs is 1. The summed E-state index contributed by atoms with van der Waals surface area (Å²) < 4.78 is 28.0. The van der Waals surface area contributed by atoms with Crippen LogP contribution < -0.4 is 4.31 Å². The van der Waals surface area contributed by atoms with Crippen LogP contribution in [0.4, 0.5) is 5.69 Å². The van der Waals surface area contributed by atoms with Crippen LogP contribution >= 0.6 is 11.6 Å². The molecule has 1 amide bonds. The van der Waals surface area contributed by atoms with E-state index in [0.717, 1.165) is 11.1 Å². The zero-order chi connectivity index (χ0) is 22.2. The summed E-state index contributed by atoms with van der Waals surface area (Å²) in [5.41, 5.74) is 3.07. The smallest absolute Gasteiger partial charge is 0.264 e. The molecule has 0 saturated heterocycles. The molecule has 0 radical (unpaired) electrons. The molecule has 0 bridgehead atoms. The molecule has 0 saturated carbocycles. The first kappa shape index (κ1) is 21.4. The molecule has 5 nitrogen and oxygen atoms in total. The van der Waals surface area contributed by atoms with Gasteiger partial charge < -0.3 is 4.90 Å². The molecular weight excluding hydrogens is 432 g/mol. The Labute approximate surface area is 187 Å². The minimum Gasteiger partial charge on any atom is -0.337 e. The number of hydrogen-bond donors (Lipinski definition) is 0. The predicted molar refractivity (Wildman–Crippen MR) is 123 cm³/mol. The minimum atomic E-state index is -3.73. The number of halogens is 1. The summed E-state index contributed by atoms with van der Waals surface area (Å²) in [5.74, 6) is -0.0988. The van der Waals surface area contributed by atoms with Crippen molar-refractivity contribution < 1.29 is 13.2 Å². The number of sulfonamides is 1. The molecule has 4 rings (SSSR count). The molecule has 7 heteroatoms. The van der Waals surface area contributed by atoms with E-state index in [2.05, 4.69) is 0 Å². The Morgan fingerprint density at radius 1 is 1.06 bits per heavy atom. The number of hydrogen-bond acceptors (Lipinski definition) is 3. The number of carbonyl (C=O) groups excluding carboxylic acids is 1. The number of anilines is 1. The van der Waals surface area contributed by atoms with Crippen LogP contribution in [0, 0.1) is 0 Å². The van der Waals surface area contributed by atoms with E-state index in [1.807, 2.05) is 43.3 Å². The van der Waals surface area contributed by atoms with E-state index in [1.165, 1.54) is 16.4 Å². The molecule has 31 heavy (non-hydrogen) atoms. The highest BCUT2D eigenvalue weighted by Crippen LogP contribution is 2.37. The van der Waals surface area contributed by atoms with Gasteiger partial charge in [0.05, 0.1) is 10.6 Å². The molecule has 0 N–H and O–H groups in total. The largest absolute Gasteiger partial charge is 0.337 e. The third-order valence-corrected chi connectivity index (χ3v) is 7.65. The molecule has 0 fully saturated rings. The number of amides is 1. The summed E-state index contributed by atoms with van der Waals surface area (Å²) in [5, 5.41) is 0.483. The number of nitrogens with zero attached hydrogens (tertiary/aromatic N) is 2. The van der Waals surface area contributed by atoms with Crippen LogP contribution in [0.2, 0.25) is 5.02 Å². The summed E-state index contributed by atoms with van der Waals surface area (Å²) in [6, 6.07) is 21.0. The summed E-state index contributed by atoms with van der Waals surface area (Å²) in [6.45, 7) is 2.38. The van der Waals surface area contributed by atoms with Crippen molar-refractivity contribution in [3.63, 3.8) is 0 Å². The molecule has 0 aliphatic carbocycles. The van der Waals surface area contributed by atoms with E-state index >= 15 is 0 Å². The lowest BCUT2D eigenvalue weighted by molar-refractivity contribution is 0.0785. The lowest BCUT2D eigenvalue weighted by Gasteiger charge is -2.24. The Balaban J connectivity index is 1.60. The van der Waals surface area contributed by atoms with Crippen molar-refractivity contribution in [1.82, 2.24) is 4.90 Å². The minimum absolute atomic E-state index is 0.0988. The molecule has 0 unspecified atom stereocenters. The Kier molecular flexibility index (Phi) is 5.77. The standard InChI is InChI=1S/C24H23ClN2O3S/c1-17-14-20-15-19(24(28)26(2)16-18-6-4-3-5-7-18)8-13-23(20)27(17)31(29,30)22-11-9-21(25)10-12-22/h3-13,15,17H,14,16H2,1-2H3/t17-/m1/s1. The summed E-state index contributed by atoms with van der Waals surface area (Å²) in [7, 11) is -1.96. The van der Waals surface area contributed by atoms with E-state index in [0.29, 0.717) is 29.2 Å². The van der Waals surface area contributed by atoms with E-state index in [4.69, 9.17) is 11.6 Å². The second-order valence-electron chi connectivity index (χ2n) is 7.80. The van der Waals surface area contributed by atoms with Gasteiger partial charge in [-0.3, -0.25) is 9.10 Å². The van der Waals surface area contributed by atoms with Crippen LogP contribution in [-0.2, 0) is 23.0 Å². The summed E-state index contributed by atoms with van der Waals surface area (Å²) in [6.07, 6.45) is 0.547. The van der Waals surface area contributed by atoms with Gasteiger partial charge in [0.2, 0.25) is 0 Å². The molecule has 0 spiro atoms. The Bertz CT molecular complexity index is 1210.